The van der Waals surface area contributed by atoms with Gasteiger partial charge in [0.1, 0.15) is 0 Å². The normalized spacial score (nSPS) is 11.3. The Morgan fingerprint density at radius 1 is 1.53 bits per heavy atom. The highest BCUT2D eigenvalue weighted by Gasteiger charge is 2.27. The molecule has 15 heavy (non-hydrogen) atoms. The summed E-state index contributed by atoms with van der Waals surface area (Å²) in [5.41, 5.74) is -0.510. The highest BCUT2D eigenvalue weighted by Crippen LogP contribution is 2.09. The fourth-order valence-electron chi connectivity index (χ4n) is 0.757. The summed E-state index contributed by atoms with van der Waals surface area (Å²) in [6.07, 6.45) is 0. The molecule has 7 nitrogen and oxygen atoms in total. The molecule has 0 radical (unpaired) electrons. The second kappa shape index (κ2) is 3.81. The average Bonchev–Trinajstić information content (AvgIpc) is 2.65. The Hall–Kier alpha value is -1.70. The molecule has 1 heterocycles. The summed E-state index contributed by atoms with van der Waals surface area (Å²) in [5.74, 6) is -2.37. The molecule has 0 atom stereocenters. The number of carbonyl (C=O) groups excluding carboxylic acids is 1. The van der Waals surface area contributed by atoms with Gasteiger partial charge < -0.3 is 9.63 Å². The van der Waals surface area contributed by atoms with Crippen molar-refractivity contribution in [1.29, 1.82) is 0 Å². The second-order valence-corrected chi connectivity index (χ2v) is 4.75. The van der Waals surface area contributed by atoms with E-state index in [0.29, 0.717) is 0 Å². The smallest absolute Gasteiger partial charge is 0.358 e. The Labute approximate surface area is 84.6 Å². The lowest BCUT2D eigenvalue weighted by Gasteiger charge is -1.93. The molecule has 1 N–H and O–H groups in total. The van der Waals surface area contributed by atoms with Crippen molar-refractivity contribution in [3.63, 3.8) is 0 Å². The van der Waals surface area contributed by atoms with Crippen LogP contribution in [0.5, 0.6) is 0 Å². The van der Waals surface area contributed by atoms with E-state index < -0.39 is 32.4 Å². The number of carboxylic acid groups (broad SMARTS) is 1. The third-order valence-electron chi connectivity index (χ3n) is 1.59. The number of hydrogen-bond donors (Lipinski definition) is 1. The van der Waals surface area contributed by atoms with Crippen LogP contribution in [0.4, 0.5) is 0 Å². The number of nitrogens with zero attached hydrogens (tertiary/aromatic N) is 1. The molecule has 0 aromatic carbocycles. The molecular formula is C7H7NO6S. The zero-order valence-corrected chi connectivity index (χ0v) is 8.44. The van der Waals surface area contributed by atoms with Crippen molar-refractivity contribution < 1.29 is 27.6 Å². The summed E-state index contributed by atoms with van der Waals surface area (Å²) in [4.78, 5) is 21.6. The van der Waals surface area contributed by atoms with Gasteiger partial charge in [-0.15, -0.1) is 0 Å². The van der Waals surface area contributed by atoms with Gasteiger partial charge in [-0.05, 0) is 0 Å². The molecule has 0 saturated carbocycles. The predicted octanol–water partition coefficient (Wildman–Crippen LogP) is -0.0523. The molecule has 1 aromatic rings. The number of aromatic nitrogens is 1. The van der Waals surface area contributed by atoms with Crippen molar-refractivity contribution >= 4 is 20.9 Å². The van der Waals surface area contributed by atoms with E-state index in [0.717, 1.165) is 6.07 Å². The van der Waals surface area contributed by atoms with Crippen LogP contribution in [-0.2, 0) is 9.84 Å². The van der Waals surface area contributed by atoms with Gasteiger partial charge in [0.05, 0.1) is 5.75 Å². The van der Waals surface area contributed by atoms with Crippen LogP contribution < -0.4 is 0 Å². The summed E-state index contributed by atoms with van der Waals surface area (Å²) < 4.78 is 26.5. The average molecular weight is 233 g/mol. The topological polar surface area (TPSA) is 115 Å². The lowest BCUT2D eigenvalue weighted by molar-refractivity contribution is 0.0685. The largest absolute Gasteiger partial charge is 0.476 e. The van der Waals surface area contributed by atoms with E-state index in [2.05, 4.69) is 9.68 Å². The van der Waals surface area contributed by atoms with Gasteiger partial charge in [-0.3, -0.25) is 4.79 Å². The molecule has 0 aliphatic rings. The zero-order chi connectivity index (χ0) is 11.6. The van der Waals surface area contributed by atoms with Gasteiger partial charge in [0.15, 0.2) is 5.69 Å². The Balaban J connectivity index is 3.09. The zero-order valence-electron chi connectivity index (χ0n) is 7.63. The monoisotopic (exact) mass is 233 g/mol. The number of carboxylic acids is 1. The summed E-state index contributed by atoms with van der Waals surface area (Å²) in [6.45, 7) is 1.29. The fraction of sp³-hybridized carbons (Fsp3) is 0.286. The molecule has 82 valence electrons. The van der Waals surface area contributed by atoms with Crippen molar-refractivity contribution in [1.82, 2.24) is 5.16 Å². The van der Waals surface area contributed by atoms with Gasteiger partial charge in [-0.25, -0.2) is 13.2 Å². The number of hydrogen-bond acceptors (Lipinski definition) is 6. The van der Waals surface area contributed by atoms with Crippen molar-refractivity contribution in [3.05, 3.63) is 17.5 Å². The van der Waals surface area contributed by atoms with Gasteiger partial charge >= 0.3 is 11.1 Å². The van der Waals surface area contributed by atoms with E-state index in [1.54, 1.807) is 0 Å². The summed E-state index contributed by atoms with van der Waals surface area (Å²) in [6, 6.07) is 0.776. The predicted molar refractivity (Wildman–Crippen MR) is 47.3 cm³/mol. The third kappa shape index (κ3) is 2.21. The van der Waals surface area contributed by atoms with E-state index >= 15 is 0 Å². The molecule has 0 spiro atoms. The lowest BCUT2D eigenvalue weighted by Crippen LogP contribution is -2.16. The highest BCUT2D eigenvalue weighted by molar-refractivity contribution is 8.06. The number of aromatic carboxylic acids is 1. The minimum Gasteiger partial charge on any atom is -0.476 e. The summed E-state index contributed by atoms with van der Waals surface area (Å²) >= 11 is 0. The first-order valence-electron chi connectivity index (χ1n) is 3.85. The van der Waals surface area contributed by atoms with Gasteiger partial charge in [0, 0.05) is 6.07 Å². The third-order valence-corrected chi connectivity index (χ3v) is 3.12. The van der Waals surface area contributed by atoms with Crippen LogP contribution in [0.25, 0.3) is 0 Å². The van der Waals surface area contributed by atoms with E-state index in [9.17, 15) is 18.0 Å². The molecule has 1 aromatic heterocycles. The molecule has 0 aliphatic heterocycles. The van der Waals surface area contributed by atoms with Crippen LogP contribution in [0.2, 0.25) is 0 Å². The standard InChI is InChI=1S/C7H7NO6S/c1-2-15(12,13)7(11)5-3-4(6(9)10)8-14-5/h3H,2H2,1H3,(H,9,10). The van der Waals surface area contributed by atoms with E-state index in [1.807, 2.05) is 0 Å². The van der Waals surface area contributed by atoms with Crippen molar-refractivity contribution in [2.75, 3.05) is 5.75 Å². The second-order valence-electron chi connectivity index (χ2n) is 2.57. The Kier molecular flexibility index (Phi) is 2.89. The molecule has 0 aliphatic carbocycles. The quantitative estimate of drug-likeness (QED) is 0.777. The van der Waals surface area contributed by atoms with Crippen molar-refractivity contribution in [2.24, 2.45) is 0 Å². The fourth-order valence-corrected chi connectivity index (χ4v) is 1.42. The maximum atomic E-state index is 11.2. The molecule has 0 amide bonds. The number of carbonyl (C=O) groups is 2. The highest BCUT2D eigenvalue weighted by atomic mass is 32.2. The summed E-state index contributed by atoms with van der Waals surface area (Å²) in [5, 5.41) is 10.2. The van der Waals surface area contributed by atoms with Gasteiger partial charge in [0.25, 0.3) is 0 Å². The SMILES string of the molecule is CCS(=O)(=O)C(=O)c1cc(C(=O)O)no1. The van der Waals surface area contributed by atoms with Crippen molar-refractivity contribution in [3.8, 4) is 0 Å². The molecule has 0 fully saturated rings. The van der Waals surface area contributed by atoms with Gasteiger partial charge in [0.2, 0.25) is 15.6 Å². The minimum absolute atomic E-state index is 0.380. The van der Waals surface area contributed by atoms with Crippen LogP contribution >= 0.6 is 0 Å². The van der Waals surface area contributed by atoms with Gasteiger partial charge in [-0.1, -0.05) is 12.1 Å². The Bertz CT molecular complexity index is 499. The number of sulfone groups is 1. The molecular weight excluding hydrogens is 226 g/mol. The Morgan fingerprint density at radius 2 is 2.13 bits per heavy atom. The molecule has 0 saturated heterocycles. The van der Waals surface area contributed by atoms with Crippen LogP contribution in [0.15, 0.2) is 10.6 Å². The first-order chi connectivity index (χ1) is 6.88. The molecule has 0 unspecified atom stereocenters. The van der Waals surface area contributed by atoms with Crippen molar-refractivity contribution in [2.45, 2.75) is 6.92 Å². The molecule has 0 bridgehead atoms. The van der Waals surface area contributed by atoms with E-state index in [4.69, 9.17) is 5.11 Å². The van der Waals surface area contributed by atoms with Gasteiger partial charge in [-0.2, -0.15) is 0 Å². The summed E-state index contributed by atoms with van der Waals surface area (Å²) in [7, 11) is -3.93. The Morgan fingerprint density at radius 3 is 2.53 bits per heavy atom. The van der Waals surface area contributed by atoms with Crippen LogP contribution in [0.1, 0.15) is 28.0 Å². The minimum atomic E-state index is -3.93. The molecule has 1 rings (SSSR count). The lowest BCUT2D eigenvalue weighted by atomic mass is 10.4. The van der Waals surface area contributed by atoms with Crippen LogP contribution in [-0.4, -0.2) is 35.5 Å². The first kappa shape index (κ1) is 11.4. The van der Waals surface area contributed by atoms with E-state index in [1.165, 1.54) is 6.92 Å². The number of rotatable bonds is 3. The first-order valence-corrected chi connectivity index (χ1v) is 5.51. The molecule has 8 heteroatoms. The maximum Gasteiger partial charge on any atom is 0.358 e. The maximum absolute atomic E-state index is 11.2. The van der Waals surface area contributed by atoms with E-state index in [-0.39, 0.29) is 5.75 Å². The van der Waals surface area contributed by atoms with Crippen LogP contribution in [0.3, 0.4) is 0 Å². The van der Waals surface area contributed by atoms with Crippen LogP contribution in [0, 0.1) is 0 Å².